The molecule has 1 radical (unpaired) electrons. The molecule has 0 bridgehead atoms. The monoisotopic (exact) mass is 344 g/mol. The predicted molar refractivity (Wildman–Crippen MR) is 87.2 cm³/mol. The van der Waals surface area contributed by atoms with E-state index >= 15 is 0 Å². The number of carbonyl (C=O) groups excluding carboxylic acids is 1. The van der Waals surface area contributed by atoms with Crippen LogP contribution in [-0.2, 0) is 11.3 Å². The molecule has 0 fully saturated rings. The number of hydrogen-bond donors (Lipinski definition) is 0. The van der Waals surface area contributed by atoms with Gasteiger partial charge in [-0.3, -0.25) is 9.78 Å². The molecule has 135 valence electrons. The van der Waals surface area contributed by atoms with Crippen molar-refractivity contribution in [1.82, 2.24) is 14.8 Å². The van der Waals surface area contributed by atoms with Gasteiger partial charge in [0.25, 0.3) is 0 Å². The van der Waals surface area contributed by atoms with E-state index in [2.05, 4.69) is 16.8 Å². The van der Waals surface area contributed by atoms with Crippen LogP contribution in [0.2, 0.25) is 0 Å². The number of rotatable bonds is 9. The fourth-order valence-electron chi connectivity index (χ4n) is 2.42. The number of unbranched alkanes of at least 4 members (excludes halogenated alkanes) is 1. The first kappa shape index (κ1) is 20.4. The lowest BCUT2D eigenvalue weighted by Crippen LogP contribution is -2.41. The maximum absolute atomic E-state index is 12.8. The van der Waals surface area contributed by atoms with Gasteiger partial charge in [-0.1, -0.05) is 13.8 Å². The zero-order valence-electron chi connectivity index (χ0n) is 14.3. The second-order valence-electron chi connectivity index (χ2n) is 5.61. The van der Waals surface area contributed by atoms with Crippen LogP contribution in [0, 0.1) is 6.92 Å². The van der Waals surface area contributed by atoms with Crippen molar-refractivity contribution < 1.29 is 18.0 Å². The molecule has 0 atom stereocenters. The Morgan fingerprint density at radius 3 is 2.38 bits per heavy atom. The van der Waals surface area contributed by atoms with E-state index in [1.807, 2.05) is 13.8 Å². The Kier molecular flexibility index (Phi) is 8.18. The van der Waals surface area contributed by atoms with Gasteiger partial charge in [0, 0.05) is 12.7 Å². The van der Waals surface area contributed by atoms with Crippen molar-refractivity contribution in [3.05, 3.63) is 36.5 Å². The smallest absolute Gasteiger partial charge is 0.329 e. The highest BCUT2D eigenvalue weighted by molar-refractivity contribution is 5.81. The molecule has 0 aromatic carbocycles. The lowest BCUT2D eigenvalue weighted by molar-refractivity contribution is -0.186. The van der Waals surface area contributed by atoms with E-state index < -0.39 is 12.1 Å². The van der Waals surface area contributed by atoms with Crippen molar-refractivity contribution in [2.24, 2.45) is 0 Å². The molecule has 1 amide bonds. The molecule has 0 unspecified atom stereocenters. The van der Waals surface area contributed by atoms with Crippen LogP contribution in [0.25, 0.3) is 0 Å². The molecule has 0 saturated heterocycles. The number of aromatic nitrogens is 1. The van der Waals surface area contributed by atoms with Crippen molar-refractivity contribution in [3.8, 4) is 0 Å². The van der Waals surface area contributed by atoms with Gasteiger partial charge in [0.2, 0.25) is 0 Å². The fraction of sp³-hybridized carbons (Fsp3) is 0.588. The van der Waals surface area contributed by atoms with Crippen LogP contribution in [0.4, 0.5) is 13.2 Å². The standard InChI is InChI=1S/C17H25F3N3O/c1-4-22(5-2)10-6-7-11-23(16(24)17(18,19)20)13-15-12-14(3)8-9-21-15/h8-9,12H,3-7,10-11,13H2,1-2H3. The summed E-state index contributed by atoms with van der Waals surface area (Å²) in [5.41, 5.74) is 1.06. The van der Waals surface area contributed by atoms with E-state index in [9.17, 15) is 18.0 Å². The Hall–Kier alpha value is -1.63. The van der Waals surface area contributed by atoms with E-state index in [4.69, 9.17) is 0 Å². The Morgan fingerprint density at radius 2 is 1.83 bits per heavy atom. The summed E-state index contributed by atoms with van der Waals surface area (Å²) in [5, 5.41) is 0. The van der Waals surface area contributed by atoms with Crippen LogP contribution in [0.5, 0.6) is 0 Å². The van der Waals surface area contributed by atoms with Gasteiger partial charge >= 0.3 is 12.1 Å². The van der Waals surface area contributed by atoms with Crippen LogP contribution < -0.4 is 0 Å². The molecule has 1 heterocycles. The molecule has 0 spiro atoms. The average molecular weight is 344 g/mol. The third-order valence-corrected chi connectivity index (χ3v) is 3.81. The Morgan fingerprint density at radius 1 is 1.21 bits per heavy atom. The van der Waals surface area contributed by atoms with Crippen LogP contribution in [0.1, 0.15) is 37.9 Å². The molecule has 1 rings (SSSR count). The second-order valence-corrected chi connectivity index (χ2v) is 5.61. The van der Waals surface area contributed by atoms with Gasteiger partial charge in [-0.15, -0.1) is 0 Å². The van der Waals surface area contributed by atoms with Crippen molar-refractivity contribution in [2.75, 3.05) is 26.2 Å². The third kappa shape index (κ3) is 6.86. The van der Waals surface area contributed by atoms with Crippen molar-refractivity contribution in [2.45, 2.75) is 39.4 Å². The van der Waals surface area contributed by atoms with E-state index in [0.717, 1.165) is 31.0 Å². The topological polar surface area (TPSA) is 36.4 Å². The Balaban J connectivity index is 2.67. The second kappa shape index (κ2) is 9.61. The number of hydrogen-bond acceptors (Lipinski definition) is 3. The molecule has 0 saturated carbocycles. The van der Waals surface area contributed by atoms with Crippen LogP contribution >= 0.6 is 0 Å². The Labute approximate surface area is 141 Å². The van der Waals surface area contributed by atoms with Crippen molar-refractivity contribution in [3.63, 3.8) is 0 Å². The molecule has 1 aromatic rings. The summed E-state index contributed by atoms with van der Waals surface area (Å²) in [4.78, 5) is 18.7. The maximum atomic E-state index is 12.8. The number of alkyl halides is 3. The third-order valence-electron chi connectivity index (χ3n) is 3.81. The van der Waals surface area contributed by atoms with Crippen molar-refractivity contribution >= 4 is 5.91 Å². The minimum Gasteiger partial charge on any atom is -0.329 e. The van der Waals surface area contributed by atoms with Crippen LogP contribution in [0.15, 0.2) is 18.3 Å². The molecule has 0 N–H and O–H groups in total. The minimum atomic E-state index is -4.87. The fourth-order valence-corrected chi connectivity index (χ4v) is 2.42. The van der Waals surface area contributed by atoms with Gasteiger partial charge in [-0.2, -0.15) is 13.2 Å². The summed E-state index contributed by atoms with van der Waals surface area (Å²) in [6, 6.07) is 3.25. The minimum absolute atomic E-state index is 0.0582. The summed E-state index contributed by atoms with van der Waals surface area (Å²) >= 11 is 0. The van der Waals surface area contributed by atoms with E-state index in [1.54, 1.807) is 12.1 Å². The number of pyridine rings is 1. The van der Waals surface area contributed by atoms with E-state index in [1.165, 1.54) is 6.20 Å². The molecule has 7 heteroatoms. The van der Waals surface area contributed by atoms with Gasteiger partial charge in [0.05, 0.1) is 12.2 Å². The summed E-state index contributed by atoms with van der Waals surface area (Å²) in [6.07, 6.45) is -2.14. The summed E-state index contributed by atoms with van der Waals surface area (Å²) in [6.45, 7) is 10.3. The Bertz CT molecular complexity index is 516. The van der Waals surface area contributed by atoms with Gasteiger partial charge in [0.15, 0.2) is 0 Å². The summed E-state index contributed by atoms with van der Waals surface area (Å²) < 4.78 is 38.4. The van der Waals surface area contributed by atoms with Gasteiger partial charge in [0.1, 0.15) is 0 Å². The first-order valence-electron chi connectivity index (χ1n) is 8.13. The van der Waals surface area contributed by atoms with Gasteiger partial charge < -0.3 is 9.80 Å². The number of halogens is 3. The number of nitrogens with zero attached hydrogens (tertiary/aromatic N) is 3. The number of amides is 1. The first-order valence-corrected chi connectivity index (χ1v) is 8.13. The molecule has 24 heavy (non-hydrogen) atoms. The first-order chi connectivity index (χ1) is 11.3. The van der Waals surface area contributed by atoms with Gasteiger partial charge in [-0.05, 0) is 57.1 Å². The molecule has 0 aliphatic heterocycles. The number of carbonyl (C=O) groups is 1. The highest BCUT2D eigenvalue weighted by Gasteiger charge is 2.42. The summed E-state index contributed by atoms with van der Waals surface area (Å²) in [5.74, 6) is -1.82. The zero-order valence-corrected chi connectivity index (χ0v) is 14.3. The normalized spacial score (nSPS) is 11.8. The lowest BCUT2D eigenvalue weighted by atomic mass is 10.2. The molecular weight excluding hydrogens is 319 g/mol. The maximum Gasteiger partial charge on any atom is 0.471 e. The van der Waals surface area contributed by atoms with Gasteiger partial charge in [-0.25, -0.2) is 0 Å². The quantitative estimate of drug-likeness (QED) is 0.645. The largest absolute Gasteiger partial charge is 0.471 e. The highest BCUT2D eigenvalue weighted by Crippen LogP contribution is 2.20. The lowest BCUT2D eigenvalue weighted by Gasteiger charge is -2.24. The SMILES string of the molecule is [CH2]c1ccnc(CN(CCCCN(CC)CC)C(=O)C(F)(F)F)c1. The zero-order chi connectivity index (χ0) is 18.2. The molecule has 1 aromatic heterocycles. The molecular formula is C17H25F3N3O. The van der Waals surface area contributed by atoms with Crippen LogP contribution in [0.3, 0.4) is 0 Å². The average Bonchev–Trinajstić information content (AvgIpc) is 2.52. The molecule has 4 nitrogen and oxygen atoms in total. The van der Waals surface area contributed by atoms with E-state index in [-0.39, 0.29) is 13.1 Å². The summed E-state index contributed by atoms with van der Waals surface area (Å²) in [7, 11) is 0. The highest BCUT2D eigenvalue weighted by atomic mass is 19.4. The van der Waals surface area contributed by atoms with Crippen LogP contribution in [-0.4, -0.2) is 53.0 Å². The molecule has 0 aliphatic carbocycles. The van der Waals surface area contributed by atoms with E-state index in [0.29, 0.717) is 17.7 Å². The predicted octanol–water partition coefficient (Wildman–Crippen LogP) is 3.28. The molecule has 0 aliphatic rings. The van der Waals surface area contributed by atoms with Crippen molar-refractivity contribution in [1.29, 1.82) is 0 Å².